The zero-order valence-corrected chi connectivity index (χ0v) is 14.7. The highest BCUT2D eigenvalue weighted by Crippen LogP contribution is 2.55. The van der Waals surface area contributed by atoms with E-state index in [2.05, 4.69) is 12.2 Å². The number of hydrogen-bond donors (Lipinski definition) is 1. The third-order valence-electron chi connectivity index (χ3n) is 6.05. The largest absolute Gasteiger partial charge is 0.378 e. The Morgan fingerprint density at radius 1 is 1.23 bits per heavy atom. The van der Waals surface area contributed by atoms with Crippen LogP contribution in [0, 0.1) is 5.41 Å². The van der Waals surface area contributed by atoms with Crippen molar-refractivity contribution in [3.05, 3.63) is 0 Å². The molecule has 1 N–H and O–H groups in total. The average Bonchev–Trinajstić information content (AvgIpc) is 2.98. The number of nitrogens with zero attached hydrogens (tertiary/aromatic N) is 1. The molecule has 3 rings (SSSR count). The molecule has 6 heteroatoms. The fourth-order valence-electron chi connectivity index (χ4n) is 4.76. The number of ether oxygens (including phenoxy) is 1. The summed E-state index contributed by atoms with van der Waals surface area (Å²) in [6.45, 7) is 4.21. The van der Waals surface area contributed by atoms with E-state index in [1.54, 1.807) is 4.31 Å². The molecule has 2 atom stereocenters. The molecule has 1 spiro atoms. The fourth-order valence-corrected chi connectivity index (χ4v) is 5.63. The van der Waals surface area contributed by atoms with E-state index in [1.165, 1.54) is 31.9 Å². The molecule has 0 bridgehead atoms. The third kappa shape index (κ3) is 3.07. The van der Waals surface area contributed by atoms with Gasteiger partial charge in [0, 0.05) is 37.2 Å². The quantitative estimate of drug-likeness (QED) is 0.834. The van der Waals surface area contributed by atoms with Crippen molar-refractivity contribution in [2.45, 2.75) is 70.1 Å². The van der Waals surface area contributed by atoms with E-state index in [4.69, 9.17) is 4.74 Å². The minimum Gasteiger partial charge on any atom is -0.378 e. The Kier molecular flexibility index (Phi) is 4.84. The summed E-state index contributed by atoms with van der Waals surface area (Å²) >= 11 is 0. The van der Waals surface area contributed by atoms with Crippen LogP contribution in [-0.4, -0.2) is 56.9 Å². The lowest BCUT2D eigenvalue weighted by Gasteiger charge is -2.55. The summed E-state index contributed by atoms with van der Waals surface area (Å²) < 4.78 is 30.8. The van der Waals surface area contributed by atoms with Gasteiger partial charge < -0.3 is 10.1 Å². The van der Waals surface area contributed by atoms with Crippen molar-refractivity contribution in [2.24, 2.45) is 5.41 Å². The summed E-state index contributed by atoms with van der Waals surface area (Å²) in [6.07, 6.45) is 9.97. The van der Waals surface area contributed by atoms with E-state index in [-0.39, 0.29) is 0 Å². The molecule has 5 nitrogen and oxygen atoms in total. The molecule has 128 valence electrons. The van der Waals surface area contributed by atoms with Gasteiger partial charge in [0.2, 0.25) is 10.0 Å². The summed E-state index contributed by atoms with van der Waals surface area (Å²) in [4.78, 5) is 0. The summed E-state index contributed by atoms with van der Waals surface area (Å²) in [5.41, 5.74) is 0.365. The highest BCUT2D eigenvalue weighted by molar-refractivity contribution is 7.88. The van der Waals surface area contributed by atoms with E-state index in [1.807, 2.05) is 0 Å². The first-order chi connectivity index (χ1) is 10.5. The molecule has 0 aromatic heterocycles. The Morgan fingerprint density at radius 3 is 2.41 bits per heavy atom. The zero-order chi connectivity index (χ0) is 15.8. The van der Waals surface area contributed by atoms with Gasteiger partial charge in [-0.2, -0.15) is 0 Å². The van der Waals surface area contributed by atoms with Crippen LogP contribution in [-0.2, 0) is 14.8 Å². The highest BCUT2D eigenvalue weighted by atomic mass is 32.2. The number of piperidine rings is 1. The van der Waals surface area contributed by atoms with Crippen molar-refractivity contribution >= 4 is 10.0 Å². The molecule has 0 radical (unpaired) electrons. The monoisotopic (exact) mass is 330 g/mol. The van der Waals surface area contributed by atoms with Crippen molar-refractivity contribution in [2.75, 3.05) is 26.0 Å². The van der Waals surface area contributed by atoms with Crippen molar-refractivity contribution in [3.63, 3.8) is 0 Å². The van der Waals surface area contributed by atoms with E-state index in [0.29, 0.717) is 36.7 Å². The molecule has 1 saturated heterocycles. The lowest BCUT2D eigenvalue weighted by Crippen LogP contribution is -2.65. The van der Waals surface area contributed by atoms with Crippen molar-refractivity contribution in [1.82, 2.24) is 9.62 Å². The van der Waals surface area contributed by atoms with Gasteiger partial charge in [-0.1, -0.05) is 12.8 Å². The van der Waals surface area contributed by atoms with Crippen molar-refractivity contribution in [1.29, 1.82) is 0 Å². The van der Waals surface area contributed by atoms with Gasteiger partial charge >= 0.3 is 0 Å². The SMILES string of the molecule is CCO[C@@H]1C[C@H](NC2CCN(S(C)(=O)=O)CC2)C12CCCC2. The van der Waals surface area contributed by atoms with Crippen LogP contribution in [0.15, 0.2) is 0 Å². The van der Waals surface area contributed by atoms with Crippen molar-refractivity contribution in [3.8, 4) is 0 Å². The van der Waals surface area contributed by atoms with E-state index in [0.717, 1.165) is 25.9 Å². The first kappa shape index (κ1) is 16.7. The molecule has 22 heavy (non-hydrogen) atoms. The summed E-state index contributed by atoms with van der Waals surface area (Å²) in [6, 6.07) is 1.03. The normalized spacial score (nSPS) is 33.2. The van der Waals surface area contributed by atoms with E-state index in [9.17, 15) is 8.42 Å². The fraction of sp³-hybridized carbons (Fsp3) is 1.00. The van der Waals surface area contributed by atoms with Gasteiger partial charge in [-0.3, -0.25) is 0 Å². The molecule has 0 amide bonds. The van der Waals surface area contributed by atoms with Gasteiger partial charge in [0.1, 0.15) is 0 Å². The molecule has 1 heterocycles. The van der Waals surface area contributed by atoms with Gasteiger partial charge in [-0.05, 0) is 39.0 Å². The predicted octanol–water partition coefficient (Wildman–Crippen LogP) is 1.74. The molecule has 1 aliphatic heterocycles. The maximum Gasteiger partial charge on any atom is 0.211 e. The zero-order valence-electron chi connectivity index (χ0n) is 13.9. The van der Waals surface area contributed by atoms with Gasteiger partial charge in [0.05, 0.1) is 12.4 Å². The molecule has 2 aliphatic carbocycles. The Bertz CT molecular complexity index is 480. The van der Waals surface area contributed by atoms with Gasteiger partial charge in [-0.25, -0.2) is 12.7 Å². The van der Waals surface area contributed by atoms with Crippen LogP contribution in [0.2, 0.25) is 0 Å². The standard InChI is InChI=1S/C16H30N2O3S/c1-3-21-15-12-14(16(15)8-4-5-9-16)17-13-6-10-18(11-7-13)22(2,19)20/h13-15,17H,3-12H2,1-2H3/t14-,15+/m0/s1. The molecule has 0 aromatic rings. The summed E-state index contributed by atoms with van der Waals surface area (Å²) in [7, 11) is -3.02. The second-order valence-electron chi connectivity index (χ2n) is 7.28. The number of rotatable bonds is 5. The molecule has 0 aromatic carbocycles. The van der Waals surface area contributed by atoms with Crippen LogP contribution in [0.25, 0.3) is 0 Å². The first-order valence-electron chi connectivity index (χ1n) is 8.78. The highest BCUT2D eigenvalue weighted by Gasteiger charge is 2.56. The van der Waals surface area contributed by atoms with Gasteiger partial charge in [0.15, 0.2) is 0 Å². The molecule has 3 fully saturated rings. The maximum atomic E-state index is 11.6. The molecule has 3 aliphatic rings. The lowest BCUT2D eigenvalue weighted by atomic mass is 9.60. The van der Waals surface area contributed by atoms with Crippen LogP contribution in [0.1, 0.15) is 51.9 Å². The minimum absolute atomic E-state index is 0.365. The number of hydrogen-bond acceptors (Lipinski definition) is 4. The van der Waals surface area contributed by atoms with Gasteiger partial charge in [-0.15, -0.1) is 0 Å². The number of nitrogens with one attached hydrogen (secondary N) is 1. The second-order valence-corrected chi connectivity index (χ2v) is 9.26. The molecule has 0 unspecified atom stereocenters. The van der Waals surface area contributed by atoms with Gasteiger partial charge in [0.25, 0.3) is 0 Å². The van der Waals surface area contributed by atoms with E-state index < -0.39 is 10.0 Å². The summed E-state index contributed by atoms with van der Waals surface area (Å²) in [5.74, 6) is 0. The Hall–Kier alpha value is -0.170. The minimum atomic E-state index is -3.02. The Morgan fingerprint density at radius 2 is 1.86 bits per heavy atom. The lowest BCUT2D eigenvalue weighted by molar-refractivity contribution is -0.133. The van der Waals surface area contributed by atoms with Crippen LogP contribution in [0.5, 0.6) is 0 Å². The predicted molar refractivity (Wildman–Crippen MR) is 87.3 cm³/mol. The maximum absolute atomic E-state index is 11.6. The summed E-state index contributed by atoms with van der Waals surface area (Å²) in [5, 5.41) is 3.85. The second kappa shape index (κ2) is 6.38. The van der Waals surface area contributed by atoms with Crippen LogP contribution < -0.4 is 5.32 Å². The topological polar surface area (TPSA) is 58.6 Å². The molecular formula is C16H30N2O3S. The van der Waals surface area contributed by atoms with Crippen molar-refractivity contribution < 1.29 is 13.2 Å². The van der Waals surface area contributed by atoms with Crippen LogP contribution in [0.4, 0.5) is 0 Å². The van der Waals surface area contributed by atoms with Crippen LogP contribution >= 0.6 is 0 Å². The Labute approximate surface area is 134 Å². The smallest absolute Gasteiger partial charge is 0.211 e. The molecular weight excluding hydrogens is 300 g/mol. The average molecular weight is 330 g/mol. The van der Waals surface area contributed by atoms with E-state index >= 15 is 0 Å². The third-order valence-corrected chi connectivity index (χ3v) is 7.35. The van der Waals surface area contributed by atoms with Crippen LogP contribution in [0.3, 0.4) is 0 Å². The molecule has 2 saturated carbocycles. The first-order valence-corrected chi connectivity index (χ1v) is 10.6. The number of sulfonamides is 1. The Balaban J connectivity index is 1.54.